The second-order valence-corrected chi connectivity index (χ2v) is 3.15. The highest BCUT2D eigenvalue weighted by Crippen LogP contribution is 2.27. The average molecular weight is 185 g/mol. The summed E-state index contributed by atoms with van der Waals surface area (Å²) in [7, 11) is 0. The van der Waals surface area contributed by atoms with E-state index >= 15 is 0 Å². The second-order valence-electron chi connectivity index (χ2n) is 3.15. The van der Waals surface area contributed by atoms with Crippen LogP contribution in [-0.2, 0) is 0 Å². The zero-order chi connectivity index (χ0) is 10.0. The van der Waals surface area contributed by atoms with Crippen molar-refractivity contribution < 1.29 is 8.78 Å². The molecule has 1 rings (SSSR count). The van der Waals surface area contributed by atoms with Crippen LogP contribution in [0.4, 0.5) is 8.78 Å². The molecule has 2 N–H and O–H groups in total. The van der Waals surface area contributed by atoms with Crippen molar-refractivity contribution in [2.45, 2.75) is 26.1 Å². The van der Waals surface area contributed by atoms with Crippen molar-refractivity contribution in [2.24, 2.45) is 5.73 Å². The van der Waals surface area contributed by atoms with E-state index in [0.717, 1.165) is 0 Å². The molecule has 3 heteroatoms. The van der Waals surface area contributed by atoms with Gasteiger partial charge in [0.2, 0.25) is 0 Å². The SMILES string of the molecule is CC(N)c1cccc(F)c1C(C)F. The van der Waals surface area contributed by atoms with E-state index in [2.05, 4.69) is 0 Å². The van der Waals surface area contributed by atoms with Gasteiger partial charge in [0, 0.05) is 11.6 Å². The van der Waals surface area contributed by atoms with Crippen LogP contribution < -0.4 is 5.73 Å². The van der Waals surface area contributed by atoms with Crippen molar-refractivity contribution >= 4 is 0 Å². The molecular formula is C10H13F2N. The standard InChI is InChI=1S/C10H13F2N/c1-6(11)10-8(7(2)13)4-3-5-9(10)12/h3-7H,13H2,1-2H3. The highest BCUT2D eigenvalue weighted by Gasteiger charge is 2.16. The van der Waals surface area contributed by atoms with E-state index in [1.807, 2.05) is 0 Å². The van der Waals surface area contributed by atoms with Crippen LogP contribution in [0.15, 0.2) is 18.2 Å². The van der Waals surface area contributed by atoms with Crippen molar-refractivity contribution in [3.05, 3.63) is 35.1 Å². The third-order valence-electron chi connectivity index (χ3n) is 1.97. The zero-order valence-electron chi connectivity index (χ0n) is 7.72. The molecule has 1 aromatic carbocycles. The Bertz CT molecular complexity index is 295. The lowest BCUT2D eigenvalue weighted by Crippen LogP contribution is -2.10. The molecule has 72 valence electrons. The number of alkyl halides is 1. The van der Waals surface area contributed by atoms with E-state index in [-0.39, 0.29) is 11.6 Å². The molecule has 0 aliphatic heterocycles. The molecule has 0 saturated heterocycles. The van der Waals surface area contributed by atoms with Gasteiger partial charge in [0.25, 0.3) is 0 Å². The fourth-order valence-corrected chi connectivity index (χ4v) is 1.37. The van der Waals surface area contributed by atoms with Crippen LogP contribution in [0.1, 0.15) is 37.2 Å². The summed E-state index contributed by atoms with van der Waals surface area (Å²) in [6.07, 6.45) is -1.32. The maximum atomic E-state index is 13.2. The summed E-state index contributed by atoms with van der Waals surface area (Å²) in [5, 5.41) is 0. The monoisotopic (exact) mass is 185 g/mol. The number of rotatable bonds is 2. The molecule has 0 spiro atoms. The first-order valence-electron chi connectivity index (χ1n) is 4.22. The van der Waals surface area contributed by atoms with Gasteiger partial charge in [-0.2, -0.15) is 0 Å². The molecule has 13 heavy (non-hydrogen) atoms. The van der Waals surface area contributed by atoms with Crippen LogP contribution in [0.3, 0.4) is 0 Å². The Hall–Kier alpha value is -0.960. The lowest BCUT2D eigenvalue weighted by Gasteiger charge is -2.14. The van der Waals surface area contributed by atoms with Crippen molar-refractivity contribution in [1.82, 2.24) is 0 Å². The van der Waals surface area contributed by atoms with Gasteiger partial charge in [-0.15, -0.1) is 0 Å². The number of hydrogen-bond acceptors (Lipinski definition) is 1. The minimum atomic E-state index is -1.32. The first-order valence-corrected chi connectivity index (χ1v) is 4.22. The van der Waals surface area contributed by atoms with Crippen LogP contribution >= 0.6 is 0 Å². The fourth-order valence-electron chi connectivity index (χ4n) is 1.37. The molecule has 0 amide bonds. The molecule has 1 nitrogen and oxygen atoms in total. The summed E-state index contributed by atoms with van der Waals surface area (Å²) in [5.74, 6) is -0.523. The average Bonchev–Trinajstić information content (AvgIpc) is 2.02. The smallest absolute Gasteiger partial charge is 0.129 e. The predicted octanol–water partition coefficient (Wildman–Crippen LogP) is 2.88. The third-order valence-corrected chi connectivity index (χ3v) is 1.97. The first-order chi connectivity index (χ1) is 6.04. The van der Waals surface area contributed by atoms with Crippen LogP contribution in [0.5, 0.6) is 0 Å². The summed E-state index contributed by atoms with van der Waals surface area (Å²) in [5.41, 5.74) is 6.21. The zero-order valence-corrected chi connectivity index (χ0v) is 7.72. The Labute approximate surface area is 76.6 Å². The number of benzene rings is 1. The highest BCUT2D eigenvalue weighted by molar-refractivity contribution is 5.32. The van der Waals surface area contributed by atoms with Crippen LogP contribution in [-0.4, -0.2) is 0 Å². The van der Waals surface area contributed by atoms with E-state index in [1.54, 1.807) is 19.1 Å². The summed E-state index contributed by atoms with van der Waals surface area (Å²) < 4.78 is 26.2. The highest BCUT2D eigenvalue weighted by atomic mass is 19.1. The molecule has 0 fully saturated rings. The molecule has 0 bridgehead atoms. The lowest BCUT2D eigenvalue weighted by molar-refractivity contribution is 0.357. The van der Waals surface area contributed by atoms with Gasteiger partial charge >= 0.3 is 0 Å². The molecule has 1 aromatic rings. The minimum absolute atomic E-state index is 0.0810. The summed E-state index contributed by atoms with van der Waals surface area (Å²) in [6.45, 7) is 3.02. The van der Waals surface area contributed by atoms with E-state index < -0.39 is 12.0 Å². The van der Waals surface area contributed by atoms with Crippen LogP contribution in [0.2, 0.25) is 0 Å². The van der Waals surface area contributed by atoms with Gasteiger partial charge in [0.1, 0.15) is 12.0 Å². The van der Waals surface area contributed by atoms with Gasteiger partial charge in [-0.05, 0) is 25.5 Å². The number of hydrogen-bond donors (Lipinski definition) is 1. The number of halogens is 2. The van der Waals surface area contributed by atoms with Gasteiger partial charge in [-0.1, -0.05) is 12.1 Å². The Kier molecular flexibility index (Phi) is 2.98. The van der Waals surface area contributed by atoms with Crippen molar-refractivity contribution in [1.29, 1.82) is 0 Å². The normalized spacial score (nSPS) is 15.5. The Balaban J connectivity index is 3.26. The number of nitrogens with two attached hydrogens (primary N) is 1. The van der Waals surface area contributed by atoms with Crippen LogP contribution in [0.25, 0.3) is 0 Å². The van der Waals surface area contributed by atoms with Crippen molar-refractivity contribution in [3.8, 4) is 0 Å². The minimum Gasteiger partial charge on any atom is -0.324 e. The first kappa shape index (κ1) is 10.1. The largest absolute Gasteiger partial charge is 0.324 e. The molecule has 0 heterocycles. The summed E-state index contributed by atoms with van der Waals surface area (Å²) >= 11 is 0. The molecule has 0 radical (unpaired) electrons. The third kappa shape index (κ3) is 2.04. The Morgan fingerprint density at radius 1 is 1.31 bits per heavy atom. The lowest BCUT2D eigenvalue weighted by atomic mass is 9.99. The Morgan fingerprint density at radius 3 is 2.31 bits per heavy atom. The molecule has 0 aliphatic rings. The van der Waals surface area contributed by atoms with Gasteiger partial charge in [-0.3, -0.25) is 0 Å². The molecule has 0 aromatic heterocycles. The maximum Gasteiger partial charge on any atom is 0.129 e. The predicted molar refractivity (Wildman–Crippen MR) is 48.5 cm³/mol. The van der Waals surface area contributed by atoms with E-state index in [1.165, 1.54) is 13.0 Å². The van der Waals surface area contributed by atoms with Gasteiger partial charge in [-0.25, -0.2) is 8.78 Å². The fraction of sp³-hybridized carbons (Fsp3) is 0.400. The summed E-state index contributed by atoms with van der Waals surface area (Å²) in [4.78, 5) is 0. The topological polar surface area (TPSA) is 26.0 Å². The van der Waals surface area contributed by atoms with E-state index in [0.29, 0.717) is 5.56 Å². The van der Waals surface area contributed by atoms with Crippen molar-refractivity contribution in [3.63, 3.8) is 0 Å². The molecule has 2 atom stereocenters. The van der Waals surface area contributed by atoms with Gasteiger partial charge < -0.3 is 5.73 Å². The summed E-state index contributed by atoms with van der Waals surface area (Å²) in [6, 6.07) is 4.10. The molecule has 0 aliphatic carbocycles. The Morgan fingerprint density at radius 2 is 1.92 bits per heavy atom. The molecule has 2 unspecified atom stereocenters. The van der Waals surface area contributed by atoms with Gasteiger partial charge in [0.05, 0.1) is 0 Å². The van der Waals surface area contributed by atoms with Crippen molar-refractivity contribution in [2.75, 3.05) is 0 Å². The maximum absolute atomic E-state index is 13.2. The molecular weight excluding hydrogens is 172 g/mol. The second kappa shape index (κ2) is 3.83. The van der Waals surface area contributed by atoms with Crippen LogP contribution in [0, 0.1) is 5.82 Å². The van der Waals surface area contributed by atoms with E-state index in [9.17, 15) is 8.78 Å². The molecule has 0 saturated carbocycles. The van der Waals surface area contributed by atoms with E-state index in [4.69, 9.17) is 5.73 Å². The van der Waals surface area contributed by atoms with Gasteiger partial charge in [0.15, 0.2) is 0 Å². The quantitative estimate of drug-likeness (QED) is 0.753.